The fourth-order valence-electron chi connectivity index (χ4n) is 1.69. The Kier molecular flexibility index (Phi) is 3.97. The first-order valence-corrected chi connectivity index (χ1v) is 6.44. The molecule has 0 amide bonds. The van der Waals surface area contributed by atoms with Crippen molar-refractivity contribution in [3.63, 3.8) is 0 Å². The zero-order valence-electron chi connectivity index (χ0n) is 10.00. The van der Waals surface area contributed by atoms with E-state index in [1.54, 1.807) is 0 Å². The molecule has 2 aromatic rings. The van der Waals surface area contributed by atoms with Crippen LogP contribution in [-0.2, 0) is 6.54 Å². The lowest BCUT2D eigenvalue weighted by Crippen LogP contribution is -2.18. The fourth-order valence-corrected chi connectivity index (χ4v) is 1.96. The number of rotatable bonds is 4. The van der Waals surface area contributed by atoms with Crippen LogP contribution in [0.1, 0.15) is 30.0 Å². The third kappa shape index (κ3) is 3.41. The van der Waals surface area contributed by atoms with E-state index in [1.807, 2.05) is 13.1 Å². The molecule has 0 bridgehead atoms. The zero-order valence-corrected chi connectivity index (χ0v) is 11.6. The highest BCUT2D eigenvalue weighted by Crippen LogP contribution is 2.16. The Morgan fingerprint density at radius 3 is 2.65 bits per heavy atom. The minimum absolute atomic E-state index is 0.326. The van der Waals surface area contributed by atoms with Crippen molar-refractivity contribution < 1.29 is 0 Å². The molecule has 0 aliphatic heterocycles. The molecule has 4 heteroatoms. The summed E-state index contributed by atoms with van der Waals surface area (Å²) in [6, 6.07) is 8.70. The molecule has 0 saturated heterocycles. The van der Waals surface area contributed by atoms with E-state index in [0.717, 1.165) is 22.5 Å². The van der Waals surface area contributed by atoms with Crippen LogP contribution in [0.25, 0.3) is 0 Å². The van der Waals surface area contributed by atoms with Gasteiger partial charge in [-0.1, -0.05) is 28.1 Å². The number of aromatic amines is 1. The third-order valence-corrected chi connectivity index (χ3v) is 3.25. The number of aryl methyl sites for hydroxylation is 1. The maximum absolute atomic E-state index is 4.18. The predicted octanol–water partition coefficient (Wildman–Crippen LogP) is 3.33. The van der Waals surface area contributed by atoms with Crippen LogP contribution < -0.4 is 5.32 Å². The summed E-state index contributed by atoms with van der Waals surface area (Å²) in [5.74, 6) is 0.957. The molecule has 0 fully saturated rings. The summed E-state index contributed by atoms with van der Waals surface area (Å²) in [6.45, 7) is 4.92. The smallest absolute Gasteiger partial charge is 0.103 e. The van der Waals surface area contributed by atoms with Crippen LogP contribution in [0, 0.1) is 6.92 Å². The van der Waals surface area contributed by atoms with Gasteiger partial charge in [-0.3, -0.25) is 0 Å². The molecule has 0 aliphatic rings. The number of nitrogens with one attached hydrogen (secondary N) is 2. The Hall–Kier alpha value is -1.13. The van der Waals surface area contributed by atoms with Crippen LogP contribution in [0.5, 0.6) is 0 Å². The number of halogens is 1. The summed E-state index contributed by atoms with van der Waals surface area (Å²) in [7, 11) is 0. The fraction of sp³-hybridized carbons (Fsp3) is 0.308. The molecule has 1 atom stereocenters. The van der Waals surface area contributed by atoms with Crippen molar-refractivity contribution in [1.82, 2.24) is 15.3 Å². The first-order chi connectivity index (χ1) is 8.15. The summed E-state index contributed by atoms with van der Waals surface area (Å²) in [5, 5.41) is 3.46. The molecule has 1 aromatic carbocycles. The van der Waals surface area contributed by atoms with Gasteiger partial charge in [0.2, 0.25) is 0 Å². The lowest BCUT2D eigenvalue weighted by atomic mass is 10.1. The summed E-state index contributed by atoms with van der Waals surface area (Å²) in [5.41, 5.74) is 2.40. The van der Waals surface area contributed by atoms with Gasteiger partial charge in [0.1, 0.15) is 5.82 Å². The molecule has 0 saturated carbocycles. The van der Waals surface area contributed by atoms with Crippen molar-refractivity contribution in [2.75, 3.05) is 0 Å². The summed E-state index contributed by atoms with van der Waals surface area (Å²) in [6.07, 6.45) is 1.87. The average Bonchev–Trinajstić information content (AvgIpc) is 2.73. The van der Waals surface area contributed by atoms with E-state index in [2.05, 4.69) is 62.4 Å². The molecule has 0 spiro atoms. The number of aromatic nitrogens is 2. The van der Waals surface area contributed by atoms with Gasteiger partial charge in [-0.25, -0.2) is 4.98 Å². The Balaban J connectivity index is 1.93. The number of hydrogen-bond donors (Lipinski definition) is 2. The molecular weight excluding hydrogens is 278 g/mol. The van der Waals surface area contributed by atoms with E-state index in [1.165, 1.54) is 5.56 Å². The van der Waals surface area contributed by atoms with Gasteiger partial charge in [-0.15, -0.1) is 0 Å². The summed E-state index contributed by atoms with van der Waals surface area (Å²) < 4.78 is 1.11. The quantitative estimate of drug-likeness (QED) is 0.908. The van der Waals surface area contributed by atoms with Gasteiger partial charge in [0.25, 0.3) is 0 Å². The average molecular weight is 294 g/mol. The first kappa shape index (κ1) is 12.3. The van der Waals surface area contributed by atoms with Crippen molar-refractivity contribution >= 4 is 15.9 Å². The van der Waals surface area contributed by atoms with E-state index in [0.29, 0.717) is 6.04 Å². The Morgan fingerprint density at radius 2 is 2.06 bits per heavy atom. The second-order valence-electron chi connectivity index (χ2n) is 4.15. The molecule has 1 aromatic heterocycles. The Bertz CT molecular complexity index is 476. The second kappa shape index (κ2) is 5.47. The van der Waals surface area contributed by atoms with Crippen LogP contribution in [0.2, 0.25) is 0 Å². The van der Waals surface area contributed by atoms with Gasteiger partial charge in [-0.2, -0.15) is 0 Å². The van der Waals surface area contributed by atoms with E-state index < -0.39 is 0 Å². The van der Waals surface area contributed by atoms with Crippen molar-refractivity contribution in [2.24, 2.45) is 0 Å². The highest BCUT2D eigenvalue weighted by atomic mass is 79.9. The minimum atomic E-state index is 0.326. The predicted molar refractivity (Wildman–Crippen MR) is 72.7 cm³/mol. The van der Waals surface area contributed by atoms with Crippen LogP contribution in [-0.4, -0.2) is 9.97 Å². The van der Waals surface area contributed by atoms with E-state index >= 15 is 0 Å². The van der Waals surface area contributed by atoms with Gasteiger partial charge < -0.3 is 10.3 Å². The lowest BCUT2D eigenvalue weighted by Gasteiger charge is -2.13. The number of benzene rings is 1. The number of imidazole rings is 1. The maximum atomic E-state index is 4.18. The van der Waals surface area contributed by atoms with Crippen LogP contribution in [0.4, 0.5) is 0 Å². The molecule has 0 unspecified atom stereocenters. The number of nitrogens with zero attached hydrogens (tertiary/aromatic N) is 1. The normalized spacial score (nSPS) is 12.6. The molecule has 2 N–H and O–H groups in total. The van der Waals surface area contributed by atoms with E-state index in [-0.39, 0.29) is 0 Å². The molecule has 0 radical (unpaired) electrons. The van der Waals surface area contributed by atoms with Crippen molar-refractivity contribution in [3.8, 4) is 0 Å². The highest BCUT2D eigenvalue weighted by molar-refractivity contribution is 9.10. The zero-order chi connectivity index (χ0) is 12.3. The van der Waals surface area contributed by atoms with Gasteiger partial charge in [-0.05, 0) is 31.5 Å². The Morgan fingerprint density at radius 1 is 1.35 bits per heavy atom. The maximum Gasteiger partial charge on any atom is 0.103 e. The van der Waals surface area contributed by atoms with Crippen LogP contribution in [0.15, 0.2) is 34.9 Å². The van der Waals surface area contributed by atoms with E-state index in [4.69, 9.17) is 0 Å². The standard InChI is InChI=1S/C13H16BrN3/c1-9(11-3-5-12(14)6-4-11)15-7-13-8-16-10(2)17-13/h3-6,8-9,15H,7H2,1-2H3,(H,16,17)/t9-/m0/s1. The first-order valence-electron chi connectivity index (χ1n) is 5.64. The van der Waals surface area contributed by atoms with Crippen LogP contribution in [0.3, 0.4) is 0 Å². The van der Waals surface area contributed by atoms with Gasteiger partial charge >= 0.3 is 0 Å². The molecule has 0 aliphatic carbocycles. The lowest BCUT2D eigenvalue weighted by molar-refractivity contribution is 0.568. The molecule has 2 rings (SSSR count). The SMILES string of the molecule is Cc1ncc(CN[C@@H](C)c2ccc(Br)cc2)[nH]1. The molecule has 17 heavy (non-hydrogen) atoms. The number of hydrogen-bond acceptors (Lipinski definition) is 2. The highest BCUT2D eigenvalue weighted by Gasteiger charge is 2.05. The number of H-pyrrole nitrogens is 1. The largest absolute Gasteiger partial charge is 0.345 e. The van der Waals surface area contributed by atoms with Gasteiger partial charge in [0.05, 0.1) is 0 Å². The monoisotopic (exact) mass is 293 g/mol. The van der Waals surface area contributed by atoms with Gasteiger partial charge in [0.15, 0.2) is 0 Å². The molecular formula is C13H16BrN3. The van der Waals surface area contributed by atoms with Crippen molar-refractivity contribution in [1.29, 1.82) is 0 Å². The Labute approximate surface area is 110 Å². The van der Waals surface area contributed by atoms with E-state index in [9.17, 15) is 0 Å². The summed E-state index contributed by atoms with van der Waals surface area (Å²) >= 11 is 3.44. The van der Waals surface area contributed by atoms with Gasteiger partial charge in [0, 0.05) is 29.0 Å². The van der Waals surface area contributed by atoms with Crippen molar-refractivity contribution in [2.45, 2.75) is 26.4 Å². The molecule has 1 heterocycles. The van der Waals surface area contributed by atoms with Crippen molar-refractivity contribution in [3.05, 3.63) is 52.0 Å². The minimum Gasteiger partial charge on any atom is -0.345 e. The molecule has 3 nitrogen and oxygen atoms in total. The summed E-state index contributed by atoms with van der Waals surface area (Å²) in [4.78, 5) is 7.39. The van der Waals surface area contributed by atoms with Crippen LogP contribution >= 0.6 is 15.9 Å². The second-order valence-corrected chi connectivity index (χ2v) is 5.06. The topological polar surface area (TPSA) is 40.7 Å². The molecule has 90 valence electrons. The third-order valence-electron chi connectivity index (χ3n) is 2.72.